The van der Waals surface area contributed by atoms with Gasteiger partial charge < -0.3 is 14.9 Å². The Balaban J connectivity index is 1.74. The van der Waals surface area contributed by atoms with E-state index in [9.17, 15) is 9.59 Å². The lowest BCUT2D eigenvalue weighted by atomic mass is 10.1. The standard InChI is InChI=1S/C16H20N2O3/c19-15(20)11-18(14-7-3-4-8-14)16(21)17-9-12-5-1-2-6-13(12)10-17/h1-2,5-6,14H,3-4,7-11H2,(H,19,20). The molecule has 0 saturated heterocycles. The molecule has 1 aromatic carbocycles. The first kappa shape index (κ1) is 13.9. The smallest absolute Gasteiger partial charge is 0.323 e. The fourth-order valence-electron chi connectivity index (χ4n) is 3.36. The van der Waals surface area contributed by atoms with E-state index in [1.165, 1.54) is 0 Å². The van der Waals surface area contributed by atoms with E-state index in [1.54, 1.807) is 9.80 Å². The van der Waals surface area contributed by atoms with Gasteiger partial charge in [0.2, 0.25) is 0 Å². The van der Waals surface area contributed by atoms with Crippen LogP contribution in [0.4, 0.5) is 4.79 Å². The number of nitrogens with zero attached hydrogens (tertiary/aromatic N) is 2. The van der Waals surface area contributed by atoms with Gasteiger partial charge in [-0.25, -0.2) is 4.79 Å². The molecule has 0 aromatic heterocycles. The second-order valence-corrected chi connectivity index (χ2v) is 5.87. The molecule has 2 aliphatic rings. The zero-order valence-corrected chi connectivity index (χ0v) is 12.0. The summed E-state index contributed by atoms with van der Waals surface area (Å²) in [5, 5.41) is 9.10. The summed E-state index contributed by atoms with van der Waals surface area (Å²) in [5.74, 6) is -0.938. The largest absolute Gasteiger partial charge is 0.480 e. The van der Waals surface area contributed by atoms with Crippen LogP contribution < -0.4 is 0 Å². The third-order valence-electron chi connectivity index (χ3n) is 4.43. The molecule has 1 fully saturated rings. The lowest BCUT2D eigenvalue weighted by Crippen LogP contribution is -2.47. The van der Waals surface area contributed by atoms with Gasteiger partial charge >= 0.3 is 12.0 Å². The van der Waals surface area contributed by atoms with Crippen molar-refractivity contribution in [2.45, 2.75) is 44.8 Å². The highest BCUT2D eigenvalue weighted by atomic mass is 16.4. The van der Waals surface area contributed by atoms with Crippen molar-refractivity contribution in [2.75, 3.05) is 6.54 Å². The van der Waals surface area contributed by atoms with Crippen molar-refractivity contribution in [1.82, 2.24) is 9.80 Å². The Morgan fingerprint density at radius 1 is 1.14 bits per heavy atom. The second kappa shape index (κ2) is 5.76. The molecule has 5 nitrogen and oxygen atoms in total. The van der Waals surface area contributed by atoms with Crippen molar-refractivity contribution in [3.8, 4) is 0 Å². The fraction of sp³-hybridized carbons (Fsp3) is 0.500. The molecule has 1 saturated carbocycles. The molecule has 112 valence electrons. The lowest BCUT2D eigenvalue weighted by molar-refractivity contribution is -0.138. The first-order valence-corrected chi connectivity index (χ1v) is 7.49. The topological polar surface area (TPSA) is 60.9 Å². The van der Waals surface area contributed by atoms with Gasteiger partial charge in [0.1, 0.15) is 6.54 Å². The molecule has 0 atom stereocenters. The van der Waals surface area contributed by atoms with Gasteiger partial charge in [-0.15, -0.1) is 0 Å². The molecule has 1 aliphatic carbocycles. The highest BCUT2D eigenvalue weighted by Gasteiger charge is 2.33. The number of carboxylic acid groups (broad SMARTS) is 1. The van der Waals surface area contributed by atoms with E-state index in [0.29, 0.717) is 13.1 Å². The molecule has 0 unspecified atom stereocenters. The van der Waals surface area contributed by atoms with Crippen molar-refractivity contribution in [2.24, 2.45) is 0 Å². The van der Waals surface area contributed by atoms with Crippen LogP contribution in [0.1, 0.15) is 36.8 Å². The van der Waals surface area contributed by atoms with Crippen LogP contribution in [-0.2, 0) is 17.9 Å². The highest BCUT2D eigenvalue weighted by molar-refractivity contribution is 5.81. The molecule has 2 amide bonds. The van der Waals surface area contributed by atoms with E-state index in [4.69, 9.17) is 5.11 Å². The molecule has 0 spiro atoms. The average molecular weight is 288 g/mol. The zero-order chi connectivity index (χ0) is 14.8. The zero-order valence-electron chi connectivity index (χ0n) is 12.0. The predicted molar refractivity (Wildman–Crippen MR) is 77.7 cm³/mol. The lowest BCUT2D eigenvalue weighted by Gasteiger charge is -2.31. The van der Waals surface area contributed by atoms with Crippen LogP contribution in [0.3, 0.4) is 0 Å². The van der Waals surface area contributed by atoms with Crippen molar-refractivity contribution in [3.05, 3.63) is 35.4 Å². The minimum Gasteiger partial charge on any atom is -0.480 e. The normalized spacial score (nSPS) is 17.8. The number of urea groups is 1. The number of benzene rings is 1. The average Bonchev–Trinajstić information content (AvgIpc) is 3.12. The fourth-order valence-corrected chi connectivity index (χ4v) is 3.36. The summed E-state index contributed by atoms with van der Waals surface area (Å²) in [6.45, 7) is 0.964. The van der Waals surface area contributed by atoms with Gasteiger partial charge in [0.25, 0.3) is 0 Å². The molecule has 1 aliphatic heterocycles. The van der Waals surface area contributed by atoms with Crippen LogP contribution in [0.2, 0.25) is 0 Å². The molecule has 0 bridgehead atoms. The van der Waals surface area contributed by atoms with E-state index in [0.717, 1.165) is 36.8 Å². The summed E-state index contributed by atoms with van der Waals surface area (Å²) in [5.41, 5.74) is 2.32. The second-order valence-electron chi connectivity index (χ2n) is 5.87. The molecule has 1 aromatic rings. The number of hydrogen-bond donors (Lipinski definition) is 1. The number of carbonyl (C=O) groups is 2. The van der Waals surface area contributed by atoms with Crippen LogP contribution >= 0.6 is 0 Å². The Kier molecular flexibility index (Phi) is 3.82. The van der Waals surface area contributed by atoms with Gasteiger partial charge in [-0.1, -0.05) is 37.1 Å². The Labute approximate surface area is 124 Å². The number of rotatable bonds is 3. The summed E-state index contributed by atoms with van der Waals surface area (Å²) >= 11 is 0. The van der Waals surface area contributed by atoms with Crippen LogP contribution in [-0.4, -0.2) is 39.5 Å². The number of carboxylic acids is 1. The third-order valence-corrected chi connectivity index (χ3v) is 4.43. The Bertz CT molecular complexity index is 527. The van der Waals surface area contributed by atoms with E-state index in [-0.39, 0.29) is 18.6 Å². The number of amides is 2. The molecule has 5 heteroatoms. The third kappa shape index (κ3) is 2.86. The first-order valence-electron chi connectivity index (χ1n) is 7.49. The molecule has 1 N–H and O–H groups in total. The van der Waals surface area contributed by atoms with E-state index >= 15 is 0 Å². The van der Waals surface area contributed by atoms with Gasteiger partial charge in [0.15, 0.2) is 0 Å². The molecular formula is C16H20N2O3. The molecule has 0 radical (unpaired) electrons. The van der Waals surface area contributed by atoms with Crippen LogP contribution in [0.15, 0.2) is 24.3 Å². The summed E-state index contributed by atoms with van der Waals surface area (Å²) < 4.78 is 0. The predicted octanol–water partition coefficient (Wildman–Crippen LogP) is 2.45. The highest BCUT2D eigenvalue weighted by Crippen LogP contribution is 2.28. The maximum atomic E-state index is 12.7. The molecule has 1 heterocycles. The Hall–Kier alpha value is -2.04. The van der Waals surface area contributed by atoms with E-state index in [2.05, 4.69) is 0 Å². The van der Waals surface area contributed by atoms with Gasteiger partial charge in [-0.05, 0) is 24.0 Å². The first-order chi connectivity index (χ1) is 10.1. The van der Waals surface area contributed by atoms with E-state index in [1.807, 2.05) is 24.3 Å². The van der Waals surface area contributed by atoms with Crippen LogP contribution in [0.5, 0.6) is 0 Å². The minimum atomic E-state index is -0.938. The van der Waals surface area contributed by atoms with Gasteiger partial charge in [0.05, 0.1) is 0 Å². The van der Waals surface area contributed by atoms with E-state index < -0.39 is 5.97 Å². The van der Waals surface area contributed by atoms with Crippen molar-refractivity contribution >= 4 is 12.0 Å². The van der Waals surface area contributed by atoms with Crippen molar-refractivity contribution in [3.63, 3.8) is 0 Å². The number of aliphatic carboxylic acids is 1. The van der Waals surface area contributed by atoms with Crippen LogP contribution in [0, 0.1) is 0 Å². The summed E-state index contributed by atoms with van der Waals surface area (Å²) in [7, 11) is 0. The maximum absolute atomic E-state index is 12.7. The number of fused-ring (bicyclic) bond motifs is 1. The molecular weight excluding hydrogens is 268 g/mol. The Morgan fingerprint density at radius 2 is 1.71 bits per heavy atom. The molecule has 21 heavy (non-hydrogen) atoms. The van der Waals surface area contributed by atoms with Gasteiger partial charge in [-0.3, -0.25) is 4.79 Å². The van der Waals surface area contributed by atoms with Crippen molar-refractivity contribution in [1.29, 1.82) is 0 Å². The summed E-state index contributed by atoms with van der Waals surface area (Å²) in [4.78, 5) is 27.1. The molecule has 3 rings (SSSR count). The monoisotopic (exact) mass is 288 g/mol. The minimum absolute atomic E-state index is 0.0808. The maximum Gasteiger partial charge on any atom is 0.323 e. The quantitative estimate of drug-likeness (QED) is 0.929. The Morgan fingerprint density at radius 3 is 2.24 bits per heavy atom. The number of hydrogen-bond acceptors (Lipinski definition) is 2. The summed E-state index contributed by atoms with van der Waals surface area (Å²) in [6, 6.07) is 7.94. The SMILES string of the molecule is O=C(O)CN(C(=O)N1Cc2ccccc2C1)C1CCCC1. The van der Waals surface area contributed by atoms with Crippen LogP contribution in [0.25, 0.3) is 0 Å². The van der Waals surface area contributed by atoms with Gasteiger partial charge in [-0.2, -0.15) is 0 Å². The van der Waals surface area contributed by atoms with Gasteiger partial charge in [0, 0.05) is 19.1 Å². The number of carbonyl (C=O) groups excluding carboxylic acids is 1. The summed E-state index contributed by atoms with van der Waals surface area (Å²) in [6.07, 6.45) is 3.99. The van der Waals surface area contributed by atoms with Crippen molar-refractivity contribution < 1.29 is 14.7 Å².